The second kappa shape index (κ2) is 5.78. The summed E-state index contributed by atoms with van der Waals surface area (Å²) in [5.74, 6) is -0.867. The summed E-state index contributed by atoms with van der Waals surface area (Å²) < 4.78 is 26.6. The summed E-state index contributed by atoms with van der Waals surface area (Å²) in [4.78, 5) is 2.21. The van der Waals surface area contributed by atoms with Crippen molar-refractivity contribution in [3.63, 3.8) is 0 Å². The Bertz CT molecular complexity index is 378. The summed E-state index contributed by atoms with van der Waals surface area (Å²) in [6.45, 7) is 2.59. The maximum atomic E-state index is 13.5. The molecule has 1 heterocycles. The molecule has 1 nitrogen and oxygen atoms in total. The van der Waals surface area contributed by atoms with Crippen LogP contribution in [0.3, 0.4) is 0 Å². The molecule has 0 aromatic heterocycles. The van der Waals surface area contributed by atoms with E-state index in [1.807, 2.05) is 0 Å². The number of halogens is 3. The minimum Gasteiger partial charge on any atom is -0.302 e. The summed E-state index contributed by atoms with van der Waals surface area (Å²) in [6, 6.07) is 3.44. The van der Waals surface area contributed by atoms with E-state index in [0.29, 0.717) is 6.54 Å². The average Bonchev–Trinajstić information content (AvgIpc) is 2.33. The highest BCUT2D eigenvalue weighted by Gasteiger charge is 2.19. The zero-order chi connectivity index (χ0) is 12.3. The number of hydrogen-bond donors (Lipinski definition) is 0. The molecule has 17 heavy (non-hydrogen) atoms. The monoisotopic (exact) mass is 259 g/mol. The van der Waals surface area contributed by atoms with Gasteiger partial charge in [-0.2, -0.15) is 0 Å². The normalized spacial score (nSPS) is 19.2. The molecule has 0 amide bonds. The molecule has 1 aromatic rings. The van der Waals surface area contributed by atoms with Crippen LogP contribution in [0.5, 0.6) is 0 Å². The van der Waals surface area contributed by atoms with E-state index < -0.39 is 17.0 Å². The Kier molecular flexibility index (Phi) is 4.35. The van der Waals surface area contributed by atoms with Crippen molar-refractivity contribution >= 4 is 11.6 Å². The molecule has 2 rings (SSSR count). The van der Waals surface area contributed by atoms with E-state index in [1.165, 1.54) is 12.5 Å². The van der Waals surface area contributed by atoms with Crippen LogP contribution in [0, 0.1) is 11.6 Å². The number of hydrogen-bond acceptors (Lipinski definition) is 1. The summed E-state index contributed by atoms with van der Waals surface area (Å²) >= 11 is 6.17. The Balaban J connectivity index is 2.02. The molecule has 0 radical (unpaired) electrons. The van der Waals surface area contributed by atoms with Crippen LogP contribution in [-0.4, -0.2) is 24.5 Å². The van der Waals surface area contributed by atoms with Gasteiger partial charge in [0.2, 0.25) is 0 Å². The first-order valence-corrected chi connectivity index (χ1v) is 6.42. The van der Waals surface area contributed by atoms with Gasteiger partial charge in [0.05, 0.1) is 5.38 Å². The van der Waals surface area contributed by atoms with Crippen LogP contribution in [0.15, 0.2) is 18.2 Å². The molecule has 4 heteroatoms. The zero-order valence-electron chi connectivity index (χ0n) is 9.63. The topological polar surface area (TPSA) is 3.24 Å². The molecule has 0 spiro atoms. The van der Waals surface area contributed by atoms with Crippen molar-refractivity contribution in [1.82, 2.24) is 4.90 Å². The highest BCUT2D eigenvalue weighted by atomic mass is 35.5. The van der Waals surface area contributed by atoms with Gasteiger partial charge in [0.15, 0.2) is 0 Å². The fourth-order valence-electron chi connectivity index (χ4n) is 2.22. The number of nitrogens with zero attached hydrogens (tertiary/aromatic N) is 1. The largest absolute Gasteiger partial charge is 0.302 e. The number of benzene rings is 1. The molecular weight excluding hydrogens is 244 g/mol. The van der Waals surface area contributed by atoms with E-state index in [9.17, 15) is 8.78 Å². The van der Waals surface area contributed by atoms with Gasteiger partial charge in [-0.05, 0) is 44.1 Å². The van der Waals surface area contributed by atoms with Crippen LogP contribution in [0.4, 0.5) is 8.78 Å². The number of likely N-dealkylation sites (tertiary alicyclic amines) is 1. The molecule has 0 N–H and O–H groups in total. The van der Waals surface area contributed by atoms with Crippen LogP contribution in [0.1, 0.15) is 30.2 Å². The molecule has 0 bridgehead atoms. The fraction of sp³-hybridized carbons (Fsp3) is 0.538. The van der Waals surface area contributed by atoms with Crippen molar-refractivity contribution in [2.45, 2.75) is 24.6 Å². The lowest BCUT2D eigenvalue weighted by Gasteiger charge is -2.28. The number of rotatable bonds is 3. The van der Waals surface area contributed by atoms with E-state index in [-0.39, 0.29) is 5.56 Å². The van der Waals surface area contributed by atoms with Crippen molar-refractivity contribution in [2.75, 3.05) is 19.6 Å². The van der Waals surface area contributed by atoms with Crippen molar-refractivity contribution in [1.29, 1.82) is 0 Å². The lowest BCUT2D eigenvalue weighted by Crippen LogP contribution is -2.32. The molecule has 94 valence electrons. The van der Waals surface area contributed by atoms with Crippen molar-refractivity contribution in [2.24, 2.45) is 0 Å². The minimum absolute atomic E-state index is 0.261. The standard InChI is InChI=1S/C13H16ClF2N/c14-12(9-17-6-2-1-3-7-17)11-8-10(15)4-5-13(11)16/h4-5,8,12H,1-3,6-7,9H2. The maximum Gasteiger partial charge on any atom is 0.128 e. The van der Waals surface area contributed by atoms with Gasteiger partial charge in [-0.1, -0.05) is 6.42 Å². The minimum atomic E-state index is -0.483. The van der Waals surface area contributed by atoms with Crippen LogP contribution < -0.4 is 0 Å². The van der Waals surface area contributed by atoms with E-state index in [1.54, 1.807) is 0 Å². The van der Waals surface area contributed by atoms with Gasteiger partial charge in [0.25, 0.3) is 0 Å². The lowest BCUT2D eigenvalue weighted by molar-refractivity contribution is 0.228. The first-order chi connectivity index (χ1) is 8.16. The zero-order valence-corrected chi connectivity index (χ0v) is 10.4. The first-order valence-electron chi connectivity index (χ1n) is 5.98. The maximum absolute atomic E-state index is 13.5. The lowest BCUT2D eigenvalue weighted by atomic mass is 10.1. The predicted octanol–water partition coefficient (Wildman–Crippen LogP) is 3.73. The van der Waals surface area contributed by atoms with Crippen molar-refractivity contribution in [3.8, 4) is 0 Å². The van der Waals surface area contributed by atoms with Crippen LogP contribution >= 0.6 is 11.6 Å². The first kappa shape index (κ1) is 12.8. The highest BCUT2D eigenvalue weighted by molar-refractivity contribution is 6.21. The van der Waals surface area contributed by atoms with E-state index in [0.717, 1.165) is 38.1 Å². The van der Waals surface area contributed by atoms with Crippen LogP contribution in [0.25, 0.3) is 0 Å². The quantitative estimate of drug-likeness (QED) is 0.748. The summed E-state index contributed by atoms with van der Waals surface area (Å²) in [5.41, 5.74) is 0.261. The molecule has 1 aromatic carbocycles. The Morgan fingerprint density at radius 1 is 1.18 bits per heavy atom. The van der Waals surface area contributed by atoms with Crippen molar-refractivity contribution in [3.05, 3.63) is 35.4 Å². The molecule has 1 saturated heterocycles. The van der Waals surface area contributed by atoms with Gasteiger partial charge in [-0.25, -0.2) is 8.78 Å². The van der Waals surface area contributed by atoms with E-state index in [4.69, 9.17) is 11.6 Å². The smallest absolute Gasteiger partial charge is 0.128 e. The molecule has 0 aliphatic carbocycles. The van der Waals surface area contributed by atoms with E-state index in [2.05, 4.69) is 4.90 Å². The van der Waals surface area contributed by atoms with Gasteiger partial charge < -0.3 is 4.90 Å². The third-order valence-electron chi connectivity index (χ3n) is 3.16. The van der Waals surface area contributed by atoms with Crippen LogP contribution in [-0.2, 0) is 0 Å². The van der Waals surface area contributed by atoms with Crippen LogP contribution in [0.2, 0.25) is 0 Å². The third-order valence-corrected chi connectivity index (χ3v) is 3.54. The van der Waals surface area contributed by atoms with Gasteiger partial charge in [0, 0.05) is 12.1 Å². The Hall–Kier alpha value is -0.670. The van der Waals surface area contributed by atoms with Crippen molar-refractivity contribution < 1.29 is 8.78 Å². The second-order valence-electron chi connectivity index (χ2n) is 4.49. The predicted molar refractivity (Wildman–Crippen MR) is 65.2 cm³/mol. The Morgan fingerprint density at radius 3 is 2.59 bits per heavy atom. The summed E-state index contributed by atoms with van der Waals surface area (Å²) in [6.07, 6.45) is 3.57. The van der Waals surface area contributed by atoms with Gasteiger partial charge in [-0.15, -0.1) is 11.6 Å². The molecule has 1 aliphatic rings. The Morgan fingerprint density at radius 2 is 1.88 bits per heavy atom. The van der Waals surface area contributed by atoms with Gasteiger partial charge >= 0.3 is 0 Å². The average molecular weight is 260 g/mol. The highest BCUT2D eigenvalue weighted by Crippen LogP contribution is 2.26. The molecule has 1 aliphatic heterocycles. The molecular formula is C13H16ClF2N. The summed E-state index contributed by atoms with van der Waals surface area (Å²) in [5, 5.41) is -0.483. The number of alkyl halides is 1. The Labute approximate surface area is 105 Å². The third kappa shape index (κ3) is 3.39. The SMILES string of the molecule is Fc1ccc(F)c(C(Cl)CN2CCCCC2)c1. The summed E-state index contributed by atoms with van der Waals surface area (Å²) in [7, 11) is 0. The fourth-order valence-corrected chi connectivity index (χ4v) is 2.58. The van der Waals surface area contributed by atoms with Gasteiger partial charge in [-0.3, -0.25) is 0 Å². The molecule has 1 unspecified atom stereocenters. The van der Waals surface area contributed by atoms with Gasteiger partial charge in [0.1, 0.15) is 11.6 Å². The molecule has 1 atom stereocenters. The molecule has 1 fully saturated rings. The number of piperidine rings is 1. The second-order valence-corrected chi connectivity index (χ2v) is 5.02. The molecule has 0 saturated carbocycles. The van der Waals surface area contributed by atoms with E-state index >= 15 is 0 Å².